The summed E-state index contributed by atoms with van der Waals surface area (Å²) in [6, 6.07) is -0.424. The maximum absolute atomic E-state index is 12.6. The van der Waals surface area contributed by atoms with Crippen molar-refractivity contribution >= 4 is 11.8 Å². The lowest BCUT2D eigenvalue weighted by Crippen LogP contribution is -2.53. The van der Waals surface area contributed by atoms with Crippen LogP contribution in [-0.2, 0) is 14.3 Å². The number of rotatable bonds is 6. The zero-order valence-corrected chi connectivity index (χ0v) is 13.8. The third-order valence-corrected chi connectivity index (χ3v) is 4.51. The summed E-state index contributed by atoms with van der Waals surface area (Å²) in [5, 5.41) is 6.26. The van der Waals surface area contributed by atoms with Crippen LogP contribution in [0.5, 0.6) is 0 Å². The van der Waals surface area contributed by atoms with Crippen LogP contribution in [0.15, 0.2) is 0 Å². The van der Waals surface area contributed by atoms with Crippen molar-refractivity contribution < 1.29 is 14.3 Å². The summed E-state index contributed by atoms with van der Waals surface area (Å²) < 4.78 is 5.28. The predicted octanol–water partition coefficient (Wildman–Crippen LogP) is 0.376. The zero-order chi connectivity index (χ0) is 15.9. The molecule has 0 aromatic carbocycles. The molecule has 2 N–H and O–H groups in total. The van der Waals surface area contributed by atoms with Gasteiger partial charge in [-0.3, -0.25) is 9.59 Å². The zero-order valence-electron chi connectivity index (χ0n) is 13.8. The van der Waals surface area contributed by atoms with Crippen molar-refractivity contribution in [2.45, 2.75) is 39.2 Å². The van der Waals surface area contributed by atoms with E-state index < -0.39 is 6.04 Å². The smallest absolute Gasteiger partial charge is 0.245 e. The van der Waals surface area contributed by atoms with Crippen LogP contribution in [0.2, 0.25) is 0 Å². The molecule has 2 heterocycles. The molecule has 2 fully saturated rings. The van der Waals surface area contributed by atoms with Crippen LogP contribution in [0, 0.1) is 11.8 Å². The van der Waals surface area contributed by atoms with Gasteiger partial charge in [-0.1, -0.05) is 13.8 Å². The Morgan fingerprint density at radius 1 is 1.32 bits per heavy atom. The molecule has 2 amide bonds. The second kappa shape index (κ2) is 8.48. The lowest BCUT2D eigenvalue weighted by molar-refractivity contribution is -0.141. The van der Waals surface area contributed by atoms with E-state index in [-0.39, 0.29) is 17.7 Å². The van der Waals surface area contributed by atoms with Crippen LogP contribution in [0.25, 0.3) is 0 Å². The Morgan fingerprint density at radius 3 is 2.64 bits per heavy atom. The molecule has 6 nitrogen and oxygen atoms in total. The third kappa shape index (κ3) is 4.95. The lowest BCUT2D eigenvalue weighted by atomic mass is 10.00. The van der Waals surface area contributed by atoms with Crippen LogP contribution in [0.3, 0.4) is 0 Å². The minimum atomic E-state index is -0.424. The highest BCUT2D eigenvalue weighted by atomic mass is 16.5. The minimum Gasteiger partial charge on any atom is -0.378 e. The van der Waals surface area contributed by atoms with Crippen molar-refractivity contribution in [1.82, 2.24) is 15.5 Å². The molecule has 22 heavy (non-hydrogen) atoms. The molecule has 2 saturated heterocycles. The number of carbonyl (C=O) groups is 2. The molecule has 0 saturated carbocycles. The fourth-order valence-corrected chi connectivity index (χ4v) is 3.04. The predicted molar refractivity (Wildman–Crippen MR) is 84.4 cm³/mol. The highest BCUT2D eigenvalue weighted by Gasteiger charge is 2.29. The first-order valence-electron chi connectivity index (χ1n) is 8.44. The number of ether oxygens (including phenoxy) is 1. The Morgan fingerprint density at radius 2 is 2.05 bits per heavy atom. The van der Waals surface area contributed by atoms with Gasteiger partial charge in [-0.05, 0) is 37.8 Å². The Kier molecular flexibility index (Phi) is 6.64. The summed E-state index contributed by atoms with van der Waals surface area (Å²) in [7, 11) is 0. The van der Waals surface area contributed by atoms with Crippen LogP contribution in [-0.4, -0.2) is 62.1 Å². The molecule has 126 valence electrons. The quantitative estimate of drug-likeness (QED) is 0.744. The number of morpholine rings is 1. The van der Waals surface area contributed by atoms with E-state index in [1.54, 1.807) is 4.90 Å². The number of hydrogen-bond acceptors (Lipinski definition) is 4. The van der Waals surface area contributed by atoms with Crippen molar-refractivity contribution in [1.29, 1.82) is 0 Å². The van der Waals surface area contributed by atoms with Gasteiger partial charge in [0.15, 0.2) is 0 Å². The van der Waals surface area contributed by atoms with Gasteiger partial charge in [-0.2, -0.15) is 0 Å². The van der Waals surface area contributed by atoms with E-state index >= 15 is 0 Å². The number of nitrogens with zero attached hydrogens (tertiary/aromatic N) is 1. The highest BCUT2D eigenvalue weighted by molar-refractivity contribution is 5.88. The molecule has 2 atom stereocenters. The summed E-state index contributed by atoms with van der Waals surface area (Å²) in [5.74, 6) is 0.701. The molecular weight excluding hydrogens is 282 g/mol. The average molecular weight is 311 g/mol. The Bertz CT molecular complexity index is 375. The SMILES string of the molecule is CC(C)C(NC(=O)CCC1CCNC1)C(=O)N1CCOCC1. The van der Waals surface area contributed by atoms with E-state index in [0.29, 0.717) is 38.6 Å². The number of carbonyl (C=O) groups excluding carboxylic acids is 2. The van der Waals surface area contributed by atoms with Gasteiger partial charge in [0.05, 0.1) is 13.2 Å². The maximum Gasteiger partial charge on any atom is 0.245 e. The molecule has 0 aromatic heterocycles. The molecule has 0 aromatic rings. The first-order chi connectivity index (χ1) is 10.6. The Labute approximate surface area is 132 Å². The second-order valence-corrected chi connectivity index (χ2v) is 6.62. The molecule has 2 aliphatic heterocycles. The molecule has 0 spiro atoms. The van der Waals surface area contributed by atoms with E-state index in [2.05, 4.69) is 10.6 Å². The summed E-state index contributed by atoms with van der Waals surface area (Å²) >= 11 is 0. The first-order valence-corrected chi connectivity index (χ1v) is 8.44. The number of hydrogen-bond donors (Lipinski definition) is 2. The molecule has 6 heteroatoms. The fraction of sp³-hybridized carbons (Fsp3) is 0.875. The van der Waals surface area contributed by atoms with Gasteiger partial charge in [0.2, 0.25) is 11.8 Å². The van der Waals surface area contributed by atoms with Crippen LogP contribution in [0.4, 0.5) is 0 Å². The Balaban J connectivity index is 1.81. The van der Waals surface area contributed by atoms with E-state index in [4.69, 9.17) is 4.74 Å². The highest BCUT2D eigenvalue weighted by Crippen LogP contribution is 2.15. The van der Waals surface area contributed by atoms with E-state index in [9.17, 15) is 9.59 Å². The van der Waals surface area contributed by atoms with E-state index in [1.807, 2.05) is 13.8 Å². The standard InChI is InChI=1S/C16H29N3O3/c1-12(2)15(16(21)19-7-9-22-10-8-19)18-14(20)4-3-13-5-6-17-11-13/h12-13,15,17H,3-11H2,1-2H3,(H,18,20). The molecule has 0 aliphatic carbocycles. The van der Waals surface area contributed by atoms with Crippen molar-refractivity contribution in [3.8, 4) is 0 Å². The lowest BCUT2D eigenvalue weighted by Gasteiger charge is -2.32. The van der Waals surface area contributed by atoms with Gasteiger partial charge in [0, 0.05) is 19.5 Å². The molecule has 0 radical (unpaired) electrons. The molecular formula is C16H29N3O3. The Hall–Kier alpha value is -1.14. The summed E-state index contributed by atoms with van der Waals surface area (Å²) in [6.07, 6.45) is 2.55. The average Bonchev–Trinajstić information content (AvgIpc) is 3.04. The second-order valence-electron chi connectivity index (χ2n) is 6.62. The monoisotopic (exact) mass is 311 g/mol. The summed E-state index contributed by atoms with van der Waals surface area (Å²) in [5.41, 5.74) is 0. The van der Waals surface area contributed by atoms with Crippen LogP contribution in [0.1, 0.15) is 33.1 Å². The van der Waals surface area contributed by atoms with E-state index in [0.717, 1.165) is 25.9 Å². The van der Waals surface area contributed by atoms with Gasteiger partial charge >= 0.3 is 0 Å². The largest absolute Gasteiger partial charge is 0.378 e. The topological polar surface area (TPSA) is 70.7 Å². The van der Waals surface area contributed by atoms with Gasteiger partial charge in [-0.25, -0.2) is 0 Å². The number of amides is 2. The van der Waals surface area contributed by atoms with Gasteiger partial charge in [0.25, 0.3) is 0 Å². The fourth-order valence-electron chi connectivity index (χ4n) is 3.04. The molecule has 2 aliphatic rings. The normalized spacial score (nSPS) is 23.6. The van der Waals surface area contributed by atoms with Gasteiger partial charge in [-0.15, -0.1) is 0 Å². The van der Waals surface area contributed by atoms with Crippen LogP contribution >= 0.6 is 0 Å². The molecule has 2 unspecified atom stereocenters. The van der Waals surface area contributed by atoms with Crippen molar-refractivity contribution in [2.75, 3.05) is 39.4 Å². The molecule has 2 rings (SSSR count). The minimum absolute atomic E-state index is 0.00721. The van der Waals surface area contributed by atoms with Crippen molar-refractivity contribution in [3.63, 3.8) is 0 Å². The van der Waals surface area contributed by atoms with Gasteiger partial charge in [0.1, 0.15) is 6.04 Å². The van der Waals surface area contributed by atoms with Crippen LogP contribution < -0.4 is 10.6 Å². The van der Waals surface area contributed by atoms with Gasteiger partial charge < -0.3 is 20.3 Å². The molecule has 0 bridgehead atoms. The maximum atomic E-state index is 12.6. The first kappa shape index (κ1) is 17.2. The third-order valence-electron chi connectivity index (χ3n) is 4.51. The van der Waals surface area contributed by atoms with Crippen molar-refractivity contribution in [3.05, 3.63) is 0 Å². The van der Waals surface area contributed by atoms with E-state index in [1.165, 1.54) is 0 Å². The summed E-state index contributed by atoms with van der Waals surface area (Å²) in [6.45, 7) is 8.41. The number of nitrogens with one attached hydrogen (secondary N) is 2. The van der Waals surface area contributed by atoms with Crippen molar-refractivity contribution in [2.24, 2.45) is 11.8 Å². The summed E-state index contributed by atoms with van der Waals surface area (Å²) in [4.78, 5) is 26.6.